The minimum Gasteiger partial charge on any atom is -0.276 e. The first kappa shape index (κ1) is 10.2. The Labute approximate surface area is 84.8 Å². The van der Waals surface area contributed by atoms with Gasteiger partial charge in [-0.15, -0.1) is 0 Å². The van der Waals surface area contributed by atoms with Crippen molar-refractivity contribution < 1.29 is 9.18 Å². The molecule has 0 fully saturated rings. The van der Waals surface area contributed by atoms with E-state index in [9.17, 15) is 9.18 Å². The number of allylic oxidation sites excluding steroid dienone is 1. The molecule has 0 radical (unpaired) electrons. The molecule has 0 unspecified atom stereocenters. The van der Waals surface area contributed by atoms with Crippen LogP contribution in [0.25, 0.3) is 6.08 Å². The van der Waals surface area contributed by atoms with Gasteiger partial charge in [0.2, 0.25) is 5.24 Å². The fraction of sp³-hybridized carbons (Fsp3) is 0. The lowest BCUT2D eigenvalue weighted by atomic mass is 10.2. The van der Waals surface area contributed by atoms with Gasteiger partial charge in [-0.05, 0) is 41.4 Å². The lowest BCUT2D eigenvalue weighted by Crippen LogP contribution is -1.80. The van der Waals surface area contributed by atoms with Gasteiger partial charge in [0.05, 0.1) is 5.02 Å². The molecule has 68 valence electrons. The number of carbonyl (C=O) groups is 1. The summed E-state index contributed by atoms with van der Waals surface area (Å²) < 4.78 is 12.5. The molecule has 0 N–H and O–H groups in total. The van der Waals surface area contributed by atoms with Gasteiger partial charge >= 0.3 is 0 Å². The zero-order valence-electron chi connectivity index (χ0n) is 6.43. The Kier molecular flexibility index (Phi) is 3.46. The fourth-order valence-corrected chi connectivity index (χ4v) is 1.09. The van der Waals surface area contributed by atoms with E-state index in [-0.39, 0.29) is 5.02 Å². The SMILES string of the molecule is O=C(Cl)/C=C/c1ccc(F)cc1Cl. The summed E-state index contributed by atoms with van der Waals surface area (Å²) in [7, 11) is 0. The van der Waals surface area contributed by atoms with Crippen molar-refractivity contribution in [2.24, 2.45) is 0 Å². The molecule has 0 aliphatic heterocycles. The highest BCUT2D eigenvalue weighted by Crippen LogP contribution is 2.18. The van der Waals surface area contributed by atoms with Gasteiger partial charge in [-0.2, -0.15) is 0 Å². The minimum atomic E-state index is -0.597. The van der Waals surface area contributed by atoms with Gasteiger partial charge in [0, 0.05) is 0 Å². The molecule has 0 heterocycles. The maximum absolute atomic E-state index is 12.5. The van der Waals surface area contributed by atoms with Crippen molar-refractivity contribution in [2.75, 3.05) is 0 Å². The van der Waals surface area contributed by atoms with Crippen LogP contribution in [0.5, 0.6) is 0 Å². The highest BCUT2D eigenvalue weighted by atomic mass is 35.5. The third-order valence-electron chi connectivity index (χ3n) is 1.36. The highest BCUT2D eigenvalue weighted by Gasteiger charge is 1.98. The molecule has 0 saturated carbocycles. The zero-order valence-corrected chi connectivity index (χ0v) is 7.94. The molecule has 4 heteroatoms. The van der Waals surface area contributed by atoms with E-state index in [0.29, 0.717) is 5.56 Å². The Bertz CT molecular complexity index is 361. The Morgan fingerprint density at radius 2 is 2.15 bits per heavy atom. The number of benzene rings is 1. The van der Waals surface area contributed by atoms with Gasteiger partial charge in [-0.3, -0.25) is 4.79 Å². The number of rotatable bonds is 2. The summed E-state index contributed by atoms with van der Waals surface area (Å²) in [6.45, 7) is 0. The molecule has 0 bridgehead atoms. The van der Waals surface area contributed by atoms with E-state index in [1.54, 1.807) is 0 Å². The Hall–Kier alpha value is -0.860. The number of carbonyl (C=O) groups excluding carboxylic acids is 1. The normalized spacial score (nSPS) is 10.7. The van der Waals surface area contributed by atoms with Gasteiger partial charge in [0.1, 0.15) is 5.82 Å². The zero-order chi connectivity index (χ0) is 9.84. The third-order valence-corrected chi connectivity index (χ3v) is 1.81. The van der Waals surface area contributed by atoms with Gasteiger partial charge in [0.25, 0.3) is 0 Å². The number of hydrogen-bond donors (Lipinski definition) is 0. The van der Waals surface area contributed by atoms with Crippen molar-refractivity contribution >= 4 is 34.5 Å². The monoisotopic (exact) mass is 218 g/mol. The maximum Gasteiger partial charge on any atom is 0.245 e. The summed E-state index contributed by atoms with van der Waals surface area (Å²) in [5.41, 5.74) is 0.553. The second kappa shape index (κ2) is 4.40. The van der Waals surface area contributed by atoms with Crippen LogP contribution >= 0.6 is 23.2 Å². The number of halogens is 3. The second-order valence-electron chi connectivity index (χ2n) is 2.30. The fourth-order valence-electron chi connectivity index (χ4n) is 0.792. The molecular weight excluding hydrogens is 214 g/mol. The van der Waals surface area contributed by atoms with E-state index in [2.05, 4.69) is 0 Å². The summed E-state index contributed by atoms with van der Waals surface area (Å²) in [4.78, 5) is 10.4. The van der Waals surface area contributed by atoms with Crippen LogP contribution in [0, 0.1) is 5.82 Å². The summed E-state index contributed by atoms with van der Waals surface area (Å²) >= 11 is 10.7. The van der Waals surface area contributed by atoms with Crippen LogP contribution in [0.1, 0.15) is 5.56 Å². The molecule has 0 saturated heterocycles. The molecule has 13 heavy (non-hydrogen) atoms. The lowest BCUT2D eigenvalue weighted by molar-refractivity contribution is -0.107. The van der Waals surface area contributed by atoms with E-state index < -0.39 is 11.1 Å². The van der Waals surface area contributed by atoms with E-state index in [0.717, 1.165) is 6.08 Å². The third kappa shape index (κ3) is 3.17. The molecule has 1 nitrogen and oxygen atoms in total. The van der Waals surface area contributed by atoms with Crippen molar-refractivity contribution in [2.45, 2.75) is 0 Å². The smallest absolute Gasteiger partial charge is 0.245 e. The summed E-state index contributed by atoms with van der Waals surface area (Å²) in [6.07, 6.45) is 2.58. The van der Waals surface area contributed by atoms with Crippen molar-refractivity contribution in [3.05, 3.63) is 40.7 Å². The van der Waals surface area contributed by atoms with Crippen molar-refractivity contribution in [3.63, 3.8) is 0 Å². The molecule has 0 aliphatic rings. The van der Waals surface area contributed by atoms with Crippen LogP contribution in [0.4, 0.5) is 4.39 Å². The summed E-state index contributed by atoms with van der Waals surface area (Å²) in [6, 6.07) is 3.89. The van der Waals surface area contributed by atoms with Crippen molar-refractivity contribution in [3.8, 4) is 0 Å². The minimum absolute atomic E-state index is 0.245. The van der Waals surface area contributed by atoms with Crippen molar-refractivity contribution in [1.82, 2.24) is 0 Å². The van der Waals surface area contributed by atoms with Gasteiger partial charge in [-0.1, -0.05) is 17.7 Å². The summed E-state index contributed by atoms with van der Waals surface area (Å²) in [5.74, 6) is -0.417. The molecular formula is C9H5Cl2FO. The first-order valence-corrected chi connectivity index (χ1v) is 4.18. The van der Waals surface area contributed by atoms with Crippen LogP contribution in [0.15, 0.2) is 24.3 Å². The average molecular weight is 219 g/mol. The van der Waals surface area contributed by atoms with E-state index >= 15 is 0 Å². The molecule has 1 aromatic carbocycles. The molecule has 0 aliphatic carbocycles. The summed E-state index contributed by atoms with van der Waals surface area (Å²) in [5, 5.41) is -0.352. The topological polar surface area (TPSA) is 17.1 Å². The van der Waals surface area contributed by atoms with Crippen LogP contribution in [-0.4, -0.2) is 5.24 Å². The van der Waals surface area contributed by atoms with Crippen LogP contribution in [-0.2, 0) is 4.79 Å². The quantitative estimate of drug-likeness (QED) is 0.551. The standard InChI is InChI=1S/C9H5Cl2FO/c10-8-5-7(12)3-1-6(8)2-4-9(11)13/h1-5H/b4-2+. The predicted molar refractivity (Wildman–Crippen MR) is 51.3 cm³/mol. The molecule has 1 aromatic rings. The van der Waals surface area contributed by atoms with Gasteiger partial charge < -0.3 is 0 Å². The maximum atomic E-state index is 12.5. The van der Waals surface area contributed by atoms with Crippen LogP contribution in [0.2, 0.25) is 5.02 Å². The molecule has 0 amide bonds. The Morgan fingerprint density at radius 1 is 1.46 bits per heavy atom. The van der Waals surface area contributed by atoms with E-state index in [1.165, 1.54) is 24.3 Å². The largest absolute Gasteiger partial charge is 0.276 e. The number of hydrogen-bond acceptors (Lipinski definition) is 1. The van der Waals surface area contributed by atoms with Gasteiger partial charge in [-0.25, -0.2) is 4.39 Å². The molecule has 0 spiro atoms. The Morgan fingerprint density at radius 3 is 2.69 bits per heavy atom. The first-order valence-electron chi connectivity index (χ1n) is 3.42. The molecule has 0 aromatic heterocycles. The molecule has 0 atom stereocenters. The van der Waals surface area contributed by atoms with E-state index in [4.69, 9.17) is 23.2 Å². The Balaban J connectivity index is 2.96. The van der Waals surface area contributed by atoms with Crippen LogP contribution in [0.3, 0.4) is 0 Å². The van der Waals surface area contributed by atoms with Crippen molar-refractivity contribution in [1.29, 1.82) is 0 Å². The van der Waals surface area contributed by atoms with Crippen LogP contribution < -0.4 is 0 Å². The van der Waals surface area contributed by atoms with E-state index in [1.807, 2.05) is 0 Å². The predicted octanol–water partition coefficient (Wildman–Crippen LogP) is 3.26. The first-order chi connectivity index (χ1) is 6.09. The highest BCUT2D eigenvalue weighted by molar-refractivity contribution is 6.66. The second-order valence-corrected chi connectivity index (χ2v) is 3.08. The van der Waals surface area contributed by atoms with Gasteiger partial charge in [0.15, 0.2) is 0 Å². The lowest BCUT2D eigenvalue weighted by Gasteiger charge is -1.96. The molecule has 1 rings (SSSR count). The average Bonchev–Trinajstić information content (AvgIpc) is 2.02.